The van der Waals surface area contributed by atoms with Gasteiger partial charge < -0.3 is 15.8 Å². The number of alkyl halides is 3. The molecule has 1 saturated heterocycles. The van der Waals surface area contributed by atoms with E-state index in [4.69, 9.17) is 10.9 Å². The first-order chi connectivity index (χ1) is 7.83. The molecule has 0 aromatic rings. The standard InChI is InChI=1S/C9H14F3N3O2/c10-9(11,12)5-7(16)15-3-1-6(2-4-15)8(13)14-17/h6,17H,1-5H2,(H2,13,14). The van der Waals surface area contributed by atoms with Gasteiger partial charge in [0.15, 0.2) is 0 Å². The van der Waals surface area contributed by atoms with E-state index in [2.05, 4.69) is 5.16 Å². The second kappa shape index (κ2) is 5.24. The van der Waals surface area contributed by atoms with Gasteiger partial charge in [0.25, 0.3) is 0 Å². The summed E-state index contributed by atoms with van der Waals surface area (Å²) >= 11 is 0. The maximum atomic E-state index is 12.0. The average Bonchev–Trinajstić information content (AvgIpc) is 2.26. The molecule has 0 atom stereocenters. The monoisotopic (exact) mass is 253 g/mol. The first kappa shape index (κ1) is 13.6. The fraction of sp³-hybridized carbons (Fsp3) is 0.778. The summed E-state index contributed by atoms with van der Waals surface area (Å²) in [5.74, 6) is -1.03. The molecule has 1 heterocycles. The van der Waals surface area contributed by atoms with Crippen LogP contribution in [0.25, 0.3) is 0 Å². The summed E-state index contributed by atoms with van der Waals surface area (Å²) in [7, 11) is 0. The minimum atomic E-state index is -4.47. The fourth-order valence-electron chi connectivity index (χ4n) is 1.79. The molecular formula is C9H14F3N3O2. The van der Waals surface area contributed by atoms with Gasteiger partial charge in [0.1, 0.15) is 12.3 Å². The lowest BCUT2D eigenvalue weighted by molar-refractivity contribution is -0.162. The predicted molar refractivity (Wildman–Crippen MR) is 53.4 cm³/mol. The number of nitrogens with two attached hydrogens (primary N) is 1. The minimum Gasteiger partial charge on any atom is -0.409 e. The molecule has 3 N–H and O–H groups in total. The molecule has 1 amide bonds. The molecule has 0 aliphatic carbocycles. The molecule has 1 aliphatic heterocycles. The molecule has 0 bridgehead atoms. The Labute approximate surface area is 96.1 Å². The highest BCUT2D eigenvalue weighted by atomic mass is 19.4. The summed E-state index contributed by atoms with van der Waals surface area (Å²) in [6, 6.07) is 0. The van der Waals surface area contributed by atoms with Crippen LogP contribution in [0, 0.1) is 5.92 Å². The number of piperidine rings is 1. The van der Waals surface area contributed by atoms with Crippen LogP contribution in [-0.4, -0.2) is 41.1 Å². The molecule has 0 spiro atoms. The molecule has 1 fully saturated rings. The van der Waals surface area contributed by atoms with Crippen molar-refractivity contribution in [3.05, 3.63) is 0 Å². The number of halogens is 3. The van der Waals surface area contributed by atoms with Gasteiger partial charge in [0, 0.05) is 19.0 Å². The van der Waals surface area contributed by atoms with Gasteiger partial charge in [-0.3, -0.25) is 4.79 Å². The van der Waals surface area contributed by atoms with Crippen molar-refractivity contribution in [1.29, 1.82) is 0 Å². The Hall–Kier alpha value is -1.47. The number of amides is 1. The lowest BCUT2D eigenvalue weighted by Gasteiger charge is -2.31. The van der Waals surface area contributed by atoms with Gasteiger partial charge in [0.05, 0.1) is 0 Å². The van der Waals surface area contributed by atoms with Crippen molar-refractivity contribution in [2.24, 2.45) is 16.8 Å². The van der Waals surface area contributed by atoms with Crippen LogP contribution in [0.5, 0.6) is 0 Å². The van der Waals surface area contributed by atoms with Gasteiger partial charge in [-0.1, -0.05) is 5.16 Å². The zero-order valence-electron chi connectivity index (χ0n) is 9.07. The van der Waals surface area contributed by atoms with Crippen LogP contribution in [0.15, 0.2) is 5.16 Å². The van der Waals surface area contributed by atoms with Crippen LogP contribution in [0.2, 0.25) is 0 Å². The van der Waals surface area contributed by atoms with Crippen LogP contribution in [0.4, 0.5) is 13.2 Å². The molecule has 5 nitrogen and oxygen atoms in total. The quantitative estimate of drug-likeness (QED) is 0.332. The number of oxime groups is 1. The topological polar surface area (TPSA) is 78.9 Å². The Morgan fingerprint density at radius 3 is 2.35 bits per heavy atom. The average molecular weight is 253 g/mol. The first-order valence-electron chi connectivity index (χ1n) is 5.15. The Morgan fingerprint density at radius 1 is 1.41 bits per heavy atom. The molecule has 1 aliphatic rings. The van der Waals surface area contributed by atoms with Gasteiger partial charge in [0.2, 0.25) is 5.91 Å². The van der Waals surface area contributed by atoms with Crippen molar-refractivity contribution in [2.45, 2.75) is 25.4 Å². The largest absolute Gasteiger partial charge is 0.409 e. The van der Waals surface area contributed by atoms with E-state index in [0.717, 1.165) is 4.90 Å². The summed E-state index contributed by atoms with van der Waals surface area (Å²) in [4.78, 5) is 12.4. The number of rotatable bonds is 2. The number of hydrogen-bond donors (Lipinski definition) is 2. The van der Waals surface area contributed by atoms with Crippen molar-refractivity contribution < 1.29 is 23.2 Å². The van der Waals surface area contributed by atoms with Crippen molar-refractivity contribution in [3.63, 3.8) is 0 Å². The van der Waals surface area contributed by atoms with Crippen LogP contribution in [0.1, 0.15) is 19.3 Å². The van der Waals surface area contributed by atoms with Crippen molar-refractivity contribution in [1.82, 2.24) is 4.90 Å². The van der Waals surface area contributed by atoms with Crippen LogP contribution in [-0.2, 0) is 4.79 Å². The minimum absolute atomic E-state index is 0.0629. The summed E-state index contributed by atoms with van der Waals surface area (Å²) in [5.41, 5.74) is 5.39. The lowest BCUT2D eigenvalue weighted by atomic mass is 9.95. The first-order valence-corrected chi connectivity index (χ1v) is 5.15. The molecule has 0 aromatic carbocycles. The fourth-order valence-corrected chi connectivity index (χ4v) is 1.79. The molecule has 8 heteroatoms. The van der Waals surface area contributed by atoms with Gasteiger partial charge in [-0.05, 0) is 12.8 Å². The number of nitrogens with zero attached hydrogens (tertiary/aromatic N) is 2. The third kappa shape index (κ3) is 4.12. The highest BCUT2D eigenvalue weighted by Crippen LogP contribution is 2.23. The van der Waals surface area contributed by atoms with Crippen molar-refractivity contribution >= 4 is 11.7 Å². The molecule has 0 saturated carbocycles. The number of carbonyl (C=O) groups excluding carboxylic acids is 1. The van der Waals surface area contributed by atoms with E-state index in [0.29, 0.717) is 12.8 Å². The summed E-state index contributed by atoms with van der Waals surface area (Å²) in [5, 5.41) is 11.3. The van der Waals surface area contributed by atoms with E-state index in [1.807, 2.05) is 0 Å². The maximum Gasteiger partial charge on any atom is 0.397 e. The van der Waals surface area contributed by atoms with E-state index >= 15 is 0 Å². The molecule has 17 heavy (non-hydrogen) atoms. The summed E-state index contributed by atoms with van der Waals surface area (Å²) < 4.78 is 36.0. The molecular weight excluding hydrogens is 239 g/mol. The maximum absolute atomic E-state index is 12.0. The van der Waals surface area contributed by atoms with Gasteiger partial charge >= 0.3 is 6.18 Å². The Balaban J connectivity index is 2.44. The molecule has 0 unspecified atom stereocenters. The van der Waals surface area contributed by atoms with E-state index in [1.54, 1.807) is 0 Å². The Kier molecular flexibility index (Phi) is 4.19. The van der Waals surface area contributed by atoms with Crippen molar-refractivity contribution in [3.8, 4) is 0 Å². The van der Waals surface area contributed by atoms with E-state index in [-0.39, 0.29) is 24.8 Å². The predicted octanol–water partition coefficient (Wildman–Crippen LogP) is 0.924. The zero-order chi connectivity index (χ0) is 13.1. The third-order valence-electron chi connectivity index (χ3n) is 2.73. The van der Waals surface area contributed by atoms with Crippen LogP contribution >= 0.6 is 0 Å². The summed E-state index contributed by atoms with van der Waals surface area (Å²) in [6.45, 7) is 0.408. The van der Waals surface area contributed by atoms with Gasteiger partial charge in [-0.2, -0.15) is 13.2 Å². The second-order valence-electron chi connectivity index (χ2n) is 3.97. The zero-order valence-corrected chi connectivity index (χ0v) is 9.07. The second-order valence-corrected chi connectivity index (χ2v) is 3.97. The number of likely N-dealkylation sites (tertiary alicyclic amines) is 1. The highest BCUT2D eigenvalue weighted by Gasteiger charge is 2.35. The van der Waals surface area contributed by atoms with Crippen LogP contribution in [0.3, 0.4) is 0 Å². The van der Waals surface area contributed by atoms with Crippen LogP contribution < -0.4 is 5.73 Å². The number of hydrogen-bond acceptors (Lipinski definition) is 3. The summed E-state index contributed by atoms with van der Waals surface area (Å²) in [6.07, 6.45) is -5.07. The highest BCUT2D eigenvalue weighted by molar-refractivity contribution is 5.83. The Bertz CT molecular complexity index is 309. The van der Waals surface area contributed by atoms with Gasteiger partial charge in [-0.15, -0.1) is 0 Å². The smallest absolute Gasteiger partial charge is 0.397 e. The van der Waals surface area contributed by atoms with E-state index < -0.39 is 18.5 Å². The Morgan fingerprint density at radius 2 is 1.94 bits per heavy atom. The molecule has 1 rings (SSSR count). The SMILES string of the molecule is NC(=NO)C1CCN(C(=O)CC(F)(F)F)CC1. The third-order valence-corrected chi connectivity index (χ3v) is 2.73. The van der Waals surface area contributed by atoms with Crippen molar-refractivity contribution in [2.75, 3.05) is 13.1 Å². The van der Waals surface area contributed by atoms with E-state index in [9.17, 15) is 18.0 Å². The molecule has 0 aromatic heterocycles. The normalized spacial score (nSPS) is 19.5. The van der Waals surface area contributed by atoms with E-state index in [1.165, 1.54) is 0 Å². The molecule has 98 valence electrons. The number of carbonyl (C=O) groups is 1. The lowest BCUT2D eigenvalue weighted by Crippen LogP contribution is -2.43. The number of amidine groups is 1. The molecule has 0 radical (unpaired) electrons. The van der Waals surface area contributed by atoms with Gasteiger partial charge in [-0.25, -0.2) is 0 Å².